The van der Waals surface area contributed by atoms with E-state index in [1.165, 1.54) is 0 Å². The standard InChI is InChI=1S/C15H17NO2/c1-4-16(10-11(2)3)15(17)14-9-12-7-5-6-8-13(12)18-14/h5-9H,2,4,10H2,1,3H3. The lowest BCUT2D eigenvalue weighted by atomic mass is 10.2. The van der Waals surface area contributed by atoms with Crippen molar-refractivity contribution in [1.29, 1.82) is 0 Å². The predicted molar refractivity (Wildman–Crippen MR) is 72.6 cm³/mol. The van der Waals surface area contributed by atoms with Gasteiger partial charge in [-0.2, -0.15) is 0 Å². The van der Waals surface area contributed by atoms with Gasteiger partial charge in [0, 0.05) is 18.5 Å². The highest BCUT2D eigenvalue weighted by molar-refractivity contribution is 5.96. The van der Waals surface area contributed by atoms with Crippen LogP contribution in [0.15, 0.2) is 46.9 Å². The Labute approximate surface area is 107 Å². The molecule has 2 rings (SSSR count). The maximum atomic E-state index is 12.3. The van der Waals surface area contributed by atoms with Crippen LogP contribution in [0.2, 0.25) is 0 Å². The zero-order valence-electron chi connectivity index (χ0n) is 10.8. The molecule has 0 fully saturated rings. The van der Waals surface area contributed by atoms with Gasteiger partial charge in [-0.1, -0.05) is 30.4 Å². The summed E-state index contributed by atoms with van der Waals surface area (Å²) in [6, 6.07) is 9.41. The summed E-state index contributed by atoms with van der Waals surface area (Å²) >= 11 is 0. The quantitative estimate of drug-likeness (QED) is 0.770. The fourth-order valence-electron chi connectivity index (χ4n) is 1.90. The number of fused-ring (bicyclic) bond motifs is 1. The van der Waals surface area contributed by atoms with Crippen molar-refractivity contribution in [3.8, 4) is 0 Å². The third-order valence-electron chi connectivity index (χ3n) is 2.77. The first-order valence-electron chi connectivity index (χ1n) is 6.04. The smallest absolute Gasteiger partial charge is 0.289 e. The molecule has 0 aliphatic carbocycles. The van der Waals surface area contributed by atoms with Crippen LogP contribution in [0.1, 0.15) is 24.4 Å². The van der Waals surface area contributed by atoms with Crippen LogP contribution >= 0.6 is 0 Å². The van der Waals surface area contributed by atoms with E-state index in [2.05, 4.69) is 6.58 Å². The minimum atomic E-state index is -0.0864. The fraction of sp³-hybridized carbons (Fsp3) is 0.267. The first-order chi connectivity index (χ1) is 8.61. The first-order valence-corrected chi connectivity index (χ1v) is 6.04. The molecule has 0 saturated carbocycles. The van der Waals surface area contributed by atoms with Crippen molar-refractivity contribution < 1.29 is 9.21 Å². The highest BCUT2D eigenvalue weighted by Crippen LogP contribution is 2.20. The van der Waals surface area contributed by atoms with Crippen LogP contribution in [0.5, 0.6) is 0 Å². The molecule has 94 valence electrons. The molecule has 1 aromatic carbocycles. The summed E-state index contributed by atoms with van der Waals surface area (Å²) in [5, 5.41) is 0.951. The van der Waals surface area contributed by atoms with E-state index in [0.717, 1.165) is 16.5 Å². The molecule has 1 heterocycles. The van der Waals surface area contributed by atoms with Gasteiger partial charge in [-0.25, -0.2) is 0 Å². The summed E-state index contributed by atoms with van der Waals surface area (Å²) < 4.78 is 5.57. The van der Waals surface area contributed by atoms with Gasteiger partial charge in [-0.3, -0.25) is 4.79 Å². The molecule has 1 aromatic heterocycles. The van der Waals surface area contributed by atoms with Crippen LogP contribution in [0.25, 0.3) is 11.0 Å². The average Bonchev–Trinajstić information content (AvgIpc) is 2.78. The van der Waals surface area contributed by atoms with Crippen molar-refractivity contribution in [3.63, 3.8) is 0 Å². The molecule has 0 unspecified atom stereocenters. The maximum absolute atomic E-state index is 12.3. The number of nitrogens with zero attached hydrogens (tertiary/aromatic N) is 1. The van der Waals surface area contributed by atoms with Gasteiger partial charge in [0.15, 0.2) is 5.76 Å². The van der Waals surface area contributed by atoms with Crippen molar-refractivity contribution >= 4 is 16.9 Å². The molecule has 2 aromatic rings. The SMILES string of the molecule is C=C(C)CN(CC)C(=O)c1cc2ccccc2o1. The van der Waals surface area contributed by atoms with Crippen LogP contribution < -0.4 is 0 Å². The Hall–Kier alpha value is -2.03. The molecular formula is C15H17NO2. The summed E-state index contributed by atoms with van der Waals surface area (Å²) in [5.74, 6) is 0.302. The molecule has 0 saturated heterocycles. The highest BCUT2D eigenvalue weighted by atomic mass is 16.3. The molecule has 0 N–H and O–H groups in total. The van der Waals surface area contributed by atoms with Gasteiger partial charge >= 0.3 is 0 Å². The van der Waals surface area contributed by atoms with Gasteiger partial charge < -0.3 is 9.32 Å². The van der Waals surface area contributed by atoms with Gasteiger partial charge in [-0.05, 0) is 26.0 Å². The van der Waals surface area contributed by atoms with Crippen molar-refractivity contribution in [2.75, 3.05) is 13.1 Å². The highest BCUT2D eigenvalue weighted by Gasteiger charge is 2.18. The number of para-hydroxylation sites is 1. The van der Waals surface area contributed by atoms with Crippen molar-refractivity contribution in [3.05, 3.63) is 48.2 Å². The fourth-order valence-corrected chi connectivity index (χ4v) is 1.90. The van der Waals surface area contributed by atoms with Gasteiger partial charge in [0.25, 0.3) is 5.91 Å². The average molecular weight is 243 g/mol. The van der Waals surface area contributed by atoms with E-state index in [9.17, 15) is 4.79 Å². The number of amides is 1. The summed E-state index contributed by atoms with van der Waals surface area (Å²) in [4.78, 5) is 14.0. The van der Waals surface area contributed by atoms with E-state index in [1.807, 2.05) is 38.1 Å². The van der Waals surface area contributed by atoms with E-state index in [-0.39, 0.29) is 5.91 Å². The van der Waals surface area contributed by atoms with Crippen LogP contribution in [0.4, 0.5) is 0 Å². The number of carbonyl (C=O) groups excluding carboxylic acids is 1. The van der Waals surface area contributed by atoms with Crippen LogP contribution in [-0.2, 0) is 0 Å². The van der Waals surface area contributed by atoms with Crippen molar-refractivity contribution in [1.82, 2.24) is 4.90 Å². The minimum Gasteiger partial charge on any atom is -0.451 e. The molecular weight excluding hydrogens is 226 g/mol. The lowest BCUT2D eigenvalue weighted by Crippen LogP contribution is -2.31. The summed E-state index contributed by atoms with van der Waals surface area (Å²) in [5.41, 5.74) is 1.70. The second kappa shape index (κ2) is 5.08. The number of carbonyl (C=O) groups is 1. The zero-order valence-corrected chi connectivity index (χ0v) is 10.8. The molecule has 18 heavy (non-hydrogen) atoms. The molecule has 0 bridgehead atoms. The molecule has 1 amide bonds. The van der Waals surface area contributed by atoms with Gasteiger partial charge in [0.1, 0.15) is 5.58 Å². The van der Waals surface area contributed by atoms with Crippen LogP contribution in [0.3, 0.4) is 0 Å². The third-order valence-corrected chi connectivity index (χ3v) is 2.77. The van der Waals surface area contributed by atoms with Gasteiger partial charge in [-0.15, -0.1) is 0 Å². The van der Waals surface area contributed by atoms with Gasteiger partial charge in [0.05, 0.1) is 0 Å². The third kappa shape index (κ3) is 2.45. The Kier molecular flexibility index (Phi) is 3.51. The Morgan fingerprint density at radius 2 is 2.11 bits per heavy atom. The van der Waals surface area contributed by atoms with E-state index in [1.54, 1.807) is 11.0 Å². The molecule has 0 atom stereocenters. The number of hydrogen-bond acceptors (Lipinski definition) is 2. The monoisotopic (exact) mass is 243 g/mol. The Morgan fingerprint density at radius 1 is 1.39 bits per heavy atom. The number of hydrogen-bond donors (Lipinski definition) is 0. The number of furan rings is 1. The number of rotatable bonds is 4. The molecule has 0 aliphatic rings. The Morgan fingerprint density at radius 3 is 2.72 bits per heavy atom. The minimum absolute atomic E-state index is 0.0864. The molecule has 0 aliphatic heterocycles. The Bertz CT molecular complexity index is 550. The lowest BCUT2D eigenvalue weighted by Gasteiger charge is -2.19. The van der Waals surface area contributed by atoms with E-state index >= 15 is 0 Å². The second-order valence-electron chi connectivity index (χ2n) is 4.42. The summed E-state index contributed by atoms with van der Waals surface area (Å²) in [6.07, 6.45) is 0. The van der Waals surface area contributed by atoms with Crippen molar-refractivity contribution in [2.45, 2.75) is 13.8 Å². The second-order valence-corrected chi connectivity index (χ2v) is 4.42. The zero-order chi connectivity index (χ0) is 13.1. The van der Waals surface area contributed by atoms with Gasteiger partial charge in [0.2, 0.25) is 0 Å². The Balaban J connectivity index is 2.29. The number of likely N-dealkylation sites (N-methyl/N-ethyl adjacent to an activating group) is 1. The summed E-state index contributed by atoms with van der Waals surface area (Å²) in [7, 11) is 0. The topological polar surface area (TPSA) is 33.5 Å². The first kappa shape index (κ1) is 12.4. The lowest BCUT2D eigenvalue weighted by molar-refractivity contribution is 0.0749. The summed E-state index contributed by atoms with van der Waals surface area (Å²) in [6.45, 7) is 8.90. The van der Waals surface area contributed by atoms with E-state index in [0.29, 0.717) is 18.8 Å². The largest absolute Gasteiger partial charge is 0.451 e. The molecule has 3 heteroatoms. The van der Waals surface area contributed by atoms with E-state index < -0.39 is 0 Å². The van der Waals surface area contributed by atoms with Crippen LogP contribution in [0, 0.1) is 0 Å². The molecule has 0 radical (unpaired) electrons. The molecule has 3 nitrogen and oxygen atoms in total. The van der Waals surface area contributed by atoms with E-state index in [4.69, 9.17) is 4.42 Å². The van der Waals surface area contributed by atoms with Crippen LogP contribution in [-0.4, -0.2) is 23.9 Å². The number of benzene rings is 1. The maximum Gasteiger partial charge on any atom is 0.289 e. The molecule has 0 spiro atoms. The predicted octanol–water partition coefficient (Wildman–Crippen LogP) is 3.47. The normalized spacial score (nSPS) is 10.6. The van der Waals surface area contributed by atoms with Crippen molar-refractivity contribution in [2.24, 2.45) is 0 Å².